The van der Waals surface area contributed by atoms with Gasteiger partial charge in [-0.3, -0.25) is 0 Å². The highest BCUT2D eigenvalue weighted by molar-refractivity contribution is 6.30. The molecule has 1 heterocycles. The molecule has 4 heteroatoms. The van der Waals surface area contributed by atoms with E-state index in [4.69, 9.17) is 20.8 Å². The van der Waals surface area contributed by atoms with Gasteiger partial charge in [-0.25, -0.2) is 0 Å². The summed E-state index contributed by atoms with van der Waals surface area (Å²) in [5, 5.41) is 3.92. The monoisotopic (exact) mass is 279 g/mol. The highest BCUT2D eigenvalue weighted by atomic mass is 35.5. The molecule has 0 fully saturated rings. The minimum Gasteiger partial charge on any atom is -0.486 e. The van der Waals surface area contributed by atoms with Gasteiger partial charge in [0, 0.05) is 5.02 Å². The Labute approximate surface area is 118 Å². The maximum absolute atomic E-state index is 5.90. The third kappa shape index (κ3) is 4.01. The molecule has 0 atom stereocenters. The Hall–Kier alpha value is -1.45. The van der Waals surface area contributed by atoms with Crippen LogP contribution in [0.15, 0.2) is 34.7 Å². The Morgan fingerprint density at radius 2 is 2.16 bits per heavy atom. The summed E-state index contributed by atoms with van der Waals surface area (Å²) in [7, 11) is 0. The van der Waals surface area contributed by atoms with Crippen molar-refractivity contribution >= 4 is 11.6 Å². The minimum atomic E-state index is 0.410. The summed E-state index contributed by atoms with van der Waals surface area (Å²) in [5.41, 5.74) is 1.14. The molecule has 2 aromatic rings. The van der Waals surface area contributed by atoms with Crippen LogP contribution in [0.4, 0.5) is 0 Å². The van der Waals surface area contributed by atoms with Crippen LogP contribution < -0.4 is 10.1 Å². The van der Waals surface area contributed by atoms with Crippen LogP contribution in [0.3, 0.4) is 0 Å². The molecule has 0 amide bonds. The maximum atomic E-state index is 5.90. The first-order valence-corrected chi connectivity index (χ1v) is 6.74. The zero-order valence-electron chi connectivity index (χ0n) is 11.2. The number of nitrogens with one attached hydrogen (secondary N) is 1. The van der Waals surface area contributed by atoms with E-state index >= 15 is 0 Å². The number of ether oxygens (including phenoxy) is 1. The van der Waals surface area contributed by atoms with Crippen molar-refractivity contribution in [3.63, 3.8) is 0 Å². The summed E-state index contributed by atoms with van der Waals surface area (Å²) in [6.07, 6.45) is 0. The SMILES string of the molecule is CCNCc1oc(COc2cccc(Cl)c2)cc1C. The molecule has 3 nitrogen and oxygen atoms in total. The number of rotatable bonds is 6. The van der Waals surface area contributed by atoms with Crippen molar-refractivity contribution in [3.8, 4) is 5.75 Å². The molecule has 0 spiro atoms. The standard InChI is InChI=1S/C15H18ClNO2/c1-3-17-9-15-11(2)7-14(19-15)10-18-13-6-4-5-12(16)8-13/h4-8,17H,3,9-10H2,1-2H3. The third-order valence-corrected chi connectivity index (χ3v) is 3.02. The van der Waals surface area contributed by atoms with Gasteiger partial charge >= 0.3 is 0 Å². The van der Waals surface area contributed by atoms with E-state index in [0.717, 1.165) is 35.9 Å². The van der Waals surface area contributed by atoms with Gasteiger partial charge in [-0.2, -0.15) is 0 Å². The topological polar surface area (TPSA) is 34.4 Å². The minimum absolute atomic E-state index is 0.410. The van der Waals surface area contributed by atoms with E-state index in [2.05, 4.69) is 12.2 Å². The molecule has 102 valence electrons. The van der Waals surface area contributed by atoms with Gasteiger partial charge in [0.05, 0.1) is 6.54 Å². The Morgan fingerprint density at radius 1 is 1.32 bits per heavy atom. The smallest absolute Gasteiger partial charge is 0.146 e. The van der Waals surface area contributed by atoms with E-state index in [0.29, 0.717) is 11.6 Å². The van der Waals surface area contributed by atoms with Crippen LogP contribution in [0.25, 0.3) is 0 Å². The maximum Gasteiger partial charge on any atom is 0.146 e. The summed E-state index contributed by atoms with van der Waals surface area (Å²) in [6, 6.07) is 9.36. The van der Waals surface area contributed by atoms with Crippen molar-refractivity contribution < 1.29 is 9.15 Å². The molecule has 1 N–H and O–H groups in total. The van der Waals surface area contributed by atoms with Crippen LogP contribution in [0.1, 0.15) is 24.0 Å². The first-order valence-electron chi connectivity index (χ1n) is 6.36. The normalized spacial score (nSPS) is 10.7. The molecule has 0 aliphatic carbocycles. The van der Waals surface area contributed by atoms with Gasteiger partial charge in [0.15, 0.2) is 0 Å². The van der Waals surface area contributed by atoms with Crippen molar-refractivity contribution in [3.05, 3.63) is 52.4 Å². The Balaban J connectivity index is 1.96. The van der Waals surface area contributed by atoms with Gasteiger partial charge in [0.25, 0.3) is 0 Å². The lowest BCUT2D eigenvalue weighted by molar-refractivity contribution is 0.265. The average Bonchev–Trinajstić information content (AvgIpc) is 2.75. The second-order valence-electron chi connectivity index (χ2n) is 4.35. The second kappa shape index (κ2) is 6.64. The Morgan fingerprint density at radius 3 is 2.89 bits per heavy atom. The predicted octanol–water partition coefficient (Wildman–Crippen LogP) is 3.93. The zero-order valence-corrected chi connectivity index (χ0v) is 12.0. The van der Waals surface area contributed by atoms with Crippen LogP contribution in [-0.2, 0) is 13.2 Å². The molecule has 0 saturated carbocycles. The van der Waals surface area contributed by atoms with Gasteiger partial charge < -0.3 is 14.5 Å². The van der Waals surface area contributed by atoms with Gasteiger partial charge in [0.1, 0.15) is 23.9 Å². The Bertz CT molecular complexity index is 537. The average molecular weight is 280 g/mol. The fourth-order valence-corrected chi connectivity index (χ4v) is 1.97. The van der Waals surface area contributed by atoms with Crippen molar-refractivity contribution in [2.75, 3.05) is 6.54 Å². The van der Waals surface area contributed by atoms with Crippen LogP contribution >= 0.6 is 11.6 Å². The summed E-state index contributed by atoms with van der Waals surface area (Å²) in [5.74, 6) is 2.53. The lowest BCUT2D eigenvalue weighted by Gasteiger charge is -2.04. The molecule has 0 aliphatic rings. The molecule has 1 aromatic heterocycles. The van der Waals surface area contributed by atoms with Crippen molar-refractivity contribution in [2.24, 2.45) is 0 Å². The highest BCUT2D eigenvalue weighted by Gasteiger charge is 2.07. The lowest BCUT2D eigenvalue weighted by atomic mass is 10.2. The van der Waals surface area contributed by atoms with Crippen LogP contribution in [-0.4, -0.2) is 6.54 Å². The molecule has 1 aromatic carbocycles. The van der Waals surface area contributed by atoms with E-state index in [9.17, 15) is 0 Å². The van der Waals surface area contributed by atoms with Crippen molar-refractivity contribution in [1.29, 1.82) is 0 Å². The van der Waals surface area contributed by atoms with Gasteiger partial charge in [-0.05, 0) is 43.3 Å². The zero-order chi connectivity index (χ0) is 13.7. The summed E-state index contributed by atoms with van der Waals surface area (Å²) in [6.45, 7) is 6.20. The number of hydrogen-bond acceptors (Lipinski definition) is 3. The third-order valence-electron chi connectivity index (χ3n) is 2.78. The van der Waals surface area contributed by atoms with E-state index in [1.807, 2.05) is 31.2 Å². The van der Waals surface area contributed by atoms with Gasteiger partial charge in [-0.1, -0.05) is 24.6 Å². The lowest BCUT2D eigenvalue weighted by Crippen LogP contribution is -2.11. The van der Waals surface area contributed by atoms with Crippen molar-refractivity contribution in [1.82, 2.24) is 5.32 Å². The van der Waals surface area contributed by atoms with Gasteiger partial charge in [-0.15, -0.1) is 0 Å². The molecule has 0 unspecified atom stereocenters. The van der Waals surface area contributed by atoms with Crippen LogP contribution in [0.2, 0.25) is 5.02 Å². The van der Waals surface area contributed by atoms with Crippen molar-refractivity contribution in [2.45, 2.75) is 27.0 Å². The van der Waals surface area contributed by atoms with E-state index in [-0.39, 0.29) is 0 Å². The molecule has 0 radical (unpaired) electrons. The molecule has 2 rings (SSSR count). The van der Waals surface area contributed by atoms with E-state index in [1.165, 1.54) is 0 Å². The number of aryl methyl sites for hydroxylation is 1. The quantitative estimate of drug-likeness (QED) is 0.870. The van der Waals surface area contributed by atoms with Crippen LogP contribution in [0.5, 0.6) is 5.75 Å². The van der Waals surface area contributed by atoms with Crippen LogP contribution in [0, 0.1) is 6.92 Å². The summed E-state index contributed by atoms with van der Waals surface area (Å²) in [4.78, 5) is 0. The molecular weight excluding hydrogens is 262 g/mol. The molecule has 0 bridgehead atoms. The molecule has 0 saturated heterocycles. The first kappa shape index (κ1) is 14.0. The number of halogens is 1. The predicted molar refractivity (Wildman–Crippen MR) is 76.6 cm³/mol. The number of hydrogen-bond donors (Lipinski definition) is 1. The fourth-order valence-electron chi connectivity index (χ4n) is 1.79. The van der Waals surface area contributed by atoms with Gasteiger partial charge in [0.2, 0.25) is 0 Å². The largest absolute Gasteiger partial charge is 0.486 e. The fraction of sp³-hybridized carbons (Fsp3) is 0.333. The van der Waals surface area contributed by atoms with E-state index in [1.54, 1.807) is 6.07 Å². The summed E-state index contributed by atoms with van der Waals surface area (Å²) < 4.78 is 11.4. The number of benzene rings is 1. The second-order valence-corrected chi connectivity index (χ2v) is 4.78. The molecule has 0 aliphatic heterocycles. The first-order chi connectivity index (χ1) is 9.19. The Kier molecular flexibility index (Phi) is 4.88. The molecule has 19 heavy (non-hydrogen) atoms. The number of furan rings is 1. The molecular formula is C15H18ClNO2. The summed E-state index contributed by atoms with van der Waals surface area (Å²) >= 11 is 5.90. The van der Waals surface area contributed by atoms with E-state index < -0.39 is 0 Å². The highest BCUT2D eigenvalue weighted by Crippen LogP contribution is 2.20.